The highest BCUT2D eigenvalue weighted by molar-refractivity contribution is 6.58. The third-order valence-electron chi connectivity index (χ3n) is 3.90. The first-order chi connectivity index (χ1) is 9.09. The van der Waals surface area contributed by atoms with Gasteiger partial charge in [0, 0.05) is 18.7 Å². The fraction of sp³-hybridized carbons (Fsp3) is 0.500. The molecule has 0 bridgehead atoms. The number of benzene rings is 1. The number of rotatable bonds is 3. The van der Waals surface area contributed by atoms with Gasteiger partial charge >= 0.3 is 7.12 Å². The van der Waals surface area contributed by atoms with Crippen LogP contribution < -0.4 is 5.46 Å². The van der Waals surface area contributed by atoms with Crippen molar-refractivity contribution < 1.29 is 14.8 Å². The van der Waals surface area contributed by atoms with E-state index < -0.39 is 7.12 Å². The Morgan fingerprint density at radius 1 is 1.16 bits per heavy atom. The molecule has 0 atom stereocenters. The van der Waals surface area contributed by atoms with E-state index in [0.717, 1.165) is 12.8 Å². The van der Waals surface area contributed by atoms with Crippen molar-refractivity contribution >= 4 is 18.5 Å². The molecule has 102 valence electrons. The van der Waals surface area contributed by atoms with E-state index in [1.807, 2.05) is 11.9 Å². The fourth-order valence-electron chi connectivity index (χ4n) is 2.64. The number of carbonyl (C=O) groups is 1. The van der Waals surface area contributed by atoms with E-state index in [2.05, 4.69) is 0 Å². The van der Waals surface area contributed by atoms with Gasteiger partial charge in [-0.15, -0.1) is 0 Å². The Hall–Kier alpha value is -1.33. The smallest absolute Gasteiger partial charge is 0.423 e. The zero-order valence-electron chi connectivity index (χ0n) is 11.2. The molecule has 4 nitrogen and oxygen atoms in total. The Labute approximate surface area is 114 Å². The van der Waals surface area contributed by atoms with Crippen LogP contribution in [-0.2, 0) is 0 Å². The van der Waals surface area contributed by atoms with Crippen molar-refractivity contribution in [3.8, 4) is 0 Å². The normalized spacial score (nSPS) is 16.2. The largest absolute Gasteiger partial charge is 0.488 e. The third-order valence-corrected chi connectivity index (χ3v) is 3.90. The minimum absolute atomic E-state index is 0.00544. The molecule has 0 saturated heterocycles. The van der Waals surface area contributed by atoms with Gasteiger partial charge in [-0.1, -0.05) is 31.4 Å². The molecule has 1 fully saturated rings. The maximum absolute atomic E-state index is 12.3. The molecule has 2 N–H and O–H groups in total. The lowest BCUT2D eigenvalue weighted by atomic mass is 9.80. The van der Waals surface area contributed by atoms with Gasteiger partial charge in [-0.2, -0.15) is 0 Å². The van der Waals surface area contributed by atoms with Crippen molar-refractivity contribution in [1.29, 1.82) is 0 Å². The maximum Gasteiger partial charge on any atom is 0.488 e. The van der Waals surface area contributed by atoms with E-state index in [1.165, 1.54) is 19.3 Å². The van der Waals surface area contributed by atoms with Gasteiger partial charge in [-0.05, 0) is 30.4 Å². The molecule has 0 aliphatic heterocycles. The van der Waals surface area contributed by atoms with Crippen LogP contribution in [0.3, 0.4) is 0 Å². The quantitative estimate of drug-likeness (QED) is 0.790. The van der Waals surface area contributed by atoms with E-state index in [9.17, 15) is 4.79 Å². The van der Waals surface area contributed by atoms with E-state index >= 15 is 0 Å². The molecule has 0 aromatic heterocycles. The number of amides is 1. The summed E-state index contributed by atoms with van der Waals surface area (Å²) in [7, 11) is 0.368. The molecule has 1 aromatic carbocycles. The van der Waals surface area contributed by atoms with Crippen LogP contribution in [0.1, 0.15) is 42.5 Å². The summed E-state index contributed by atoms with van der Waals surface area (Å²) in [5.41, 5.74) is 0.995. The number of hydrogen-bond donors (Lipinski definition) is 2. The van der Waals surface area contributed by atoms with Gasteiger partial charge in [0.25, 0.3) is 5.91 Å². The Bertz CT molecular complexity index is 427. The maximum atomic E-state index is 12.3. The van der Waals surface area contributed by atoms with Crippen LogP contribution in [0.4, 0.5) is 0 Å². The summed E-state index contributed by atoms with van der Waals surface area (Å²) in [4.78, 5) is 14.1. The molecule has 19 heavy (non-hydrogen) atoms. The van der Waals surface area contributed by atoms with Gasteiger partial charge in [0.15, 0.2) is 0 Å². The highest BCUT2D eigenvalue weighted by atomic mass is 16.4. The highest BCUT2D eigenvalue weighted by Crippen LogP contribution is 2.22. The van der Waals surface area contributed by atoms with E-state index in [4.69, 9.17) is 10.0 Å². The van der Waals surface area contributed by atoms with Crippen LogP contribution in [0.5, 0.6) is 0 Å². The highest BCUT2D eigenvalue weighted by Gasteiger charge is 2.23. The summed E-state index contributed by atoms with van der Waals surface area (Å²) < 4.78 is 0. The summed E-state index contributed by atoms with van der Waals surface area (Å²) in [6, 6.07) is 6.79. The summed E-state index contributed by atoms with van der Waals surface area (Å²) in [5, 5.41) is 18.1. The monoisotopic (exact) mass is 261 g/mol. The van der Waals surface area contributed by atoms with Gasteiger partial charge in [0.05, 0.1) is 0 Å². The molecule has 0 spiro atoms. The van der Waals surface area contributed by atoms with Gasteiger partial charge in [-0.3, -0.25) is 4.79 Å². The van der Waals surface area contributed by atoms with Crippen LogP contribution in [0.2, 0.25) is 0 Å². The minimum atomic E-state index is -1.49. The standard InChI is InChI=1S/C14H20BNO3/c1-16(13-5-3-2-4-6-13)14(17)11-7-9-12(10-8-11)15(18)19/h7-10,13,18-19H,2-6H2,1H3. The van der Waals surface area contributed by atoms with Crippen LogP contribution in [-0.4, -0.2) is 41.1 Å². The van der Waals surface area contributed by atoms with E-state index in [0.29, 0.717) is 17.1 Å². The van der Waals surface area contributed by atoms with Gasteiger partial charge in [0.2, 0.25) is 0 Å². The molecule has 1 aromatic rings. The van der Waals surface area contributed by atoms with Crippen molar-refractivity contribution in [2.45, 2.75) is 38.1 Å². The van der Waals surface area contributed by atoms with Gasteiger partial charge in [0.1, 0.15) is 0 Å². The predicted molar refractivity (Wildman–Crippen MR) is 75.2 cm³/mol. The third kappa shape index (κ3) is 3.36. The SMILES string of the molecule is CN(C(=O)c1ccc(B(O)O)cc1)C1CCCCC1. The summed E-state index contributed by atoms with van der Waals surface area (Å²) in [6.45, 7) is 0. The lowest BCUT2D eigenvalue weighted by molar-refractivity contribution is 0.0696. The first kappa shape index (κ1) is 14.1. The zero-order valence-corrected chi connectivity index (χ0v) is 11.2. The van der Waals surface area contributed by atoms with Crippen LogP contribution in [0.15, 0.2) is 24.3 Å². The summed E-state index contributed by atoms with van der Waals surface area (Å²) in [5.74, 6) is 0.00544. The summed E-state index contributed by atoms with van der Waals surface area (Å²) >= 11 is 0. The average molecular weight is 261 g/mol. The topological polar surface area (TPSA) is 60.8 Å². The lowest BCUT2D eigenvalue weighted by Gasteiger charge is -2.31. The Kier molecular flexibility index (Phi) is 4.61. The molecule has 1 saturated carbocycles. The predicted octanol–water partition coefficient (Wildman–Crippen LogP) is 0.771. The Morgan fingerprint density at radius 2 is 1.74 bits per heavy atom. The molecular weight excluding hydrogens is 241 g/mol. The van der Waals surface area contributed by atoms with Crippen molar-refractivity contribution in [3.63, 3.8) is 0 Å². The first-order valence-electron chi connectivity index (χ1n) is 6.83. The molecular formula is C14H20BNO3. The number of carbonyl (C=O) groups excluding carboxylic acids is 1. The minimum Gasteiger partial charge on any atom is -0.423 e. The van der Waals surface area contributed by atoms with Crippen LogP contribution in [0.25, 0.3) is 0 Å². The zero-order chi connectivity index (χ0) is 13.8. The van der Waals surface area contributed by atoms with Gasteiger partial charge in [-0.25, -0.2) is 0 Å². The van der Waals surface area contributed by atoms with Crippen molar-refractivity contribution in [1.82, 2.24) is 4.90 Å². The second-order valence-corrected chi connectivity index (χ2v) is 5.20. The van der Waals surface area contributed by atoms with Crippen molar-refractivity contribution in [3.05, 3.63) is 29.8 Å². The molecule has 1 amide bonds. The van der Waals surface area contributed by atoms with E-state index in [1.54, 1.807) is 24.3 Å². The lowest BCUT2D eigenvalue weighted by Crippen LogP contribution is -2.38. The van der Waals surface area contributed by atoms with Crippen molar-refractivity contribution in [2.24, 2.45) is 0 Å². The summed E-state index contributed by atoms with van der Waals surface area (Å²) in [6.07, 6.45) is 5.81. The molecule has 1 aliphatic carbocycles. The molecule has 0 unspecified atom stereocenters. The second kappa shape index (κ2) is 6.22. The molecule has 2 rings (SSSR count). The second-order valence-electron chi connectivity index (χ2n) is 5.20. The van der Waals surface area contributed by atoms with Crippen molar-refractivity contribution in [2.75, 3.05) is 7.05 Å². The molecule has 5 heteroatoms. The van der Waals surface area contributed by atoms with E-state index in [-0.39, 0.29) is 5.91 Å². The fourth-order valence-corrected chi connectivity index (χ4v) is 2.64. The number of nitrogens with zero attached hydrogens (tertiary/aromatic N) is 1. The number of hydrogen-bond acceptors (Lipinski definition) is 3. The van der Waals surface area contributed by atoms with Gasteiger partial charge < -0.3 is 14.9 Å². The molecule has 0 heterocycles. The Balaban J connectivity index is 2.05. The first-order valence-corrected chi connectivity index (χ1v) is 6.83. The van der Waals surface area contributed by atoms with Crippen LogP contribution >= 0.6 is 0 Å². The molecule has 0 radical (unpaired) electrons. The average Bonchev–Trinajstić information content (AvgIpc) is 2.46. The Morgan fingerprint density at radius 3 is 2.26 bits per heavy atom. The molecule has 1 aliphatic rings. The van der Waals surface area contributed by atoms with Crippen LogP contribution in [0, 0.1) is 0 Å².